The van der Waals surface area contributed by atoms with E-state index in [1.165, 1.54) is 0 Å². The Balaban J connectivity index is 2.15. The SMILES string of the molecule is CCCn1nccc1CNc1ccc(C)c(S(N)(=O)=O)c1. The van der Waals surface area contributed by atoms with Crippen LogP contribution in [0.15, 0.2) is 35.4 Å². The van der Waals surface area contributed by atoms with Gasteiger partial charge in [0, 0.05) is 18.4 Å². The van der Waals surface area contributed by atoms with E-state index >= 15 is 0 Å². The van der Waals surface area contributed by atoms with Crippen LogP contribution < -0.4 is 10.5 Å². The molecule has 6 nitrogen and oxygen atoms in total. The maximum Gasteiger partial charge on any atom is 0.238 e. The lowest BCUT2D eigenvalue weighted by Crippen LogP contribution is -2.14. The molecule has 0 aliphatic rings. The number of hydrogen-bond donors (Lipinski definition) is 2. The standard InChI is InChI=1S/C14H20N4O2S/c1-3-8-18-13(6-7-17-18)10-16-12-5-4-11(2)14(9-12)21(15,19)20/h4-7,9,16H,3,8,10H2,1-2H3,(H2,15,19,20). The molecule has 1 heterocycles. The van der Waals surface area contributed by atoms with Crippen LogP contribution >= 0.6 is 0 Å². The van der Waals surface area contributed by atoms with Gasteiger partial charge in [0.15, 0.2) is 0 Å². The Labute approximate surface area is 125 Å². The molecule has 0 spiro atoms. The van der Waals surface area contributed by atoms with Gasteiger partial charge in [-0.05, 0) is 37.1 Å². The average molecular weight is 308 g/mol. The van der Waals surface area contributed by atoms with Crippen molar-refractivity contribution in [2.45, 2.75) is 38.3 Å². The first-order valence-corrected chi connectivity index (χ1v) is 8.34. The van der Waals surface area contributed by atoms with Gasteiger partial charge in [0.05, 0.1) is 17.1 Å². The Morgan fingerprint density at radius 3 is 2.76 bits per heavy atom. The zero-order chi connectivity index (χ0) is 15.5. The van der Waals surface area contributed by atoms with Crippen molar-refractivity contribution < 1.29 is 8.42 Å². The van der Waals surface area contributed by atoms with E-state index in [0.717, 1.165) is 18.7 Å². The Kier molecular flexibility index (Phi) is 4.64. The summed E-state index contributed by atoms with van der Waals surface area (Å²) in [5.74, 6) is 0. The lowest BCUT2D eigenvalue weighted by molar-refractivity contribution is 0.578. The molecule has 0 saturated heterocycles. The molecule has 0 unspecified atom stereocenters. The van der Waals surface area contributed by atoms with Crippen molar-refractivity contribution in [3.8, 4) is 0 Å². The van der Waals surface area contributed by atoms with Crippen molar-refractivity contribution in [1.82, 2.24) is 9.78 Å². The maximum atomic E-state index is 11.5. The number of nitrogens with zero attached hydrogens (tertiary/aromatic N) is 2. The van der Waals surface area contributed by atoms with Gasteiger partial charge in [-0.25, -0.2) is 13.6 Å². The molecule has 21 heavy (non-hydrogen) atoms. The summed E-state index contributed by atoms with van der Waals surface area (Å²) in [6.07, 6.45) is 2.77. The minimum absolute atomic E-state index is 0.148. The molecule has 7 heteroatoms. The summed E-state index contributed by atoms with van der Waals surface area (Å²) in [6, 6.07) is 7.08. The Bertz CT molecular complexity index is 722. The highest BCUT2D eigenvalue weighted by atomic mass is 32.2. The van der Waals surface area contributed by atoms with E-state index < -0.39 is 10.0 Å². The Morgan fingerprint density at radius 1 is 1.33 bits per heavy atom. The molecule has 0 radical (unpaired) electrons. The molecule has 1 aromatic carbocycles. The number of aromatic nitrogens is 2. The van der Waals surface area contributed by atoms with Crippen LogP contribution in [0.5, 0.6) is 0 Å². The minimum atomic E-state index is -3.70. The van der Waals surface area contributed by atoms with Crippen LogP contribution in [0.2, 0.25) is 0 Å². The van der Waals surface area contributed by atoms with E-state index in [9.17, 15) is 8.42 Å². The molecular formula is C14H20N4O2S. The lowest BCUT2D eigenvalue weighted by atomic mass is 10.2. The summed E-state index contributed by atoms with van der Waals surface area (Å²) < 4.78 is 25.0. The first-order valence-electron chi connectivity index (χ1n) is 6.80. The predicted octanol–water partition coefficient (Wildman–Crippen LogP) is 1.86. The van der Waals surface area contributed by atoms with Crippen LogP contribution in [0.3, 0.4) is 0 Å². The first kappa shape index (κ1) is 15.5. The van der Waals surface area contributed by atoms with Crippen molar-refractivity contribution in [2.24, 2.45) is 5.14 Å². The number of rotatable bonds is 6. The van der Waals surface area contributed by atoms with Crippen molar-refractivity contribution in [3.05, 3.63) is 41.7 Å². The van der Waals surface area contributed by atoms with Crippen molar-refractivity contribution in [3.63, 3.8) is 0 Å². The number of benzene rings is 1. The molecule has 3 N–H and O–H groups in total. The molecule has 0 fully saturated rings. The quantitative estimate of drug-likeness (QED) is 0.852. The van der Waals surface area contributed by atoms with Gasteiger partial charge in [-0.2, -0.15) is 5.10 Å². The third kappa shape index (κ3) is 3.83. The number of nitrogens with one attached hydrogen (secondary N) is 1. The number of anilines is 1. The molecule has 0 bridgehead atoms. The van der Waals surface area contributed by atoms with Crippen molar-refractivity contribution in [1.29, 1.82) is 0 Å². The maximum absolute atomic E-state index is 11.5. The zero-order valence-electron chi connectivity index (χ0n) is 12.2. The molecular weight excluding hydrogens is 288 g/mol. The van der Waals surface area contributed by atoms with E-state index in [1.807, 2.05) is 16.8 Å². The van der Waals surface area contributed by atoms with Crippen LogP contribution in [-0.4, -0.2) is 18.2 Å². The van der Waals surface area contributed by atoms with Gasteiger partial charge in [-0.1, -0.05) is 13.0 Å². The summed E-state index contributed by atoms with van der Waals surface area (Å²) in [5.41, 5.74) is 2.41. The third-order valence-corrected chi connectivity index (χ3v) is 4.26. The summed E-state index contributed by atoms with van der Waals surface area (Å²) >= 11 is 0. The monoisotopic (exact) mass is 308 g/mol. The summed E-state index contributed by atoms with van der Waals surface area (Å²) in [4.78, 5) is 0.148. The minimum Gasteiger partial charge on any atom is -0.379 e. The second kappa shape index (κ2) is 6.28. The number of hydrogen-bond acceptors (Lipinski definition) is 4. The molecule has 0 saturated carbocycles. The Morgan fingerprint density at radius 2 is 2.10 bits per heavy atom. The molecule has 1 aromatic heterocycles. The Hall–Kier alpha value is -1.86. The highest BCUT2D eigenvalue weighted by molar-refractivity contribution is 7.89. The second-order valence-corrected chi connectivity index (χ2v) is 6.45. The fourth-order valence-corrected chi connectivity index (χ4v) is 2.94. The lowest BCUT2D eigenvalue weighted by Gasteiger charge is -2.11. The van der Waals surface area contributed by atoms with Crippen LogP contribution in [0.4, 0.5) is 5.69 Å². The number of aryl methyl sites for hydroxylation is 2. The topological polar surface area (TPSA) is 90.0 Å². The van der Waals surface area contributed by atoms with Gasteiger partial charge in [-0.15, -0.1) is 0 Å². The van der Waals surface area contributed by atoms with E-state index in [1.54, 1.807) is 25.3 Å². The van der Waals surface area contributed by atoms with Gasteiger partial charge in [-0.3, -0.25) is 4.68 Å². The average Bonchev–Trinajstić information content (AvgIpc) is 2.84. The second-order valence-electron chi connectivity index (χ2n) is 4.92. The number of primary sulfonamides is 1. The van der Waals surface area contributed by atoms with Crippen LogP contribution in [0.25, 0.3) is 0 Å². The largest absolute Gasteiger partial charge is 0.379 e. The fraction of sp³-hybridized carbons (Fsp3) is 0.357. The smallest absolute Gasteiger partial charge is 0.238 e. The molecule has 0 aliphatic heterocycles. The summed E-state index contributed by atoms with van der Waals surface area (Å²) in [7, 11) is -3.70. The molecule has 0 amide bonds. The van der Waals surface area contributed by atoms with Crippen LogP contribution in [0, 0.1) is 6.92 Å². The van der Waals surface area contributed by atoms with Gasteiger partial charge >= 0.3 is 0 Å². The van der Waals surface area contributed by atoms with Crippen molar-refractivity contribution >= 4 is 15.7 Å². The zero-order valence-corrected chi connectivity index (χ0v) is 13.0. The van der Waals surface area contributed by atoms with Gasteiger partial charge in [0.2, 0.25) is 10.0 Å². The normalized spacial score (nSPS) is 11.6. The van der Waals surface area contributed by atoms with Gasteiger partial charge in [0.1, 0.15) is 0 Å². The number of sulfonamides is 1. The first-order chi connectivity index (χ1) is 9.91. The highest BCUT2D eigenvalue weighted by Gasteiger charge is 2.12. The van der Waals surface area contributed by atoms with Gasteiger partial charge < -0.3 is 5.32 Å². The summed E-state index contributed by atoms with van der Waals surface area (Å²) in [6.45, 7) is 5.25. The molecule has 2 aromatic rings. The van der Waals surface area contributed by atoms with Gasteiger partial charge in [0.25, 0.3) is 0 Å². The van der Waals surface area contributed by atoms with Crippen molar-refractivity contribution in [2.75, 3.05) is 5.32 Å². The number of nitrogens with two attached hydrogens (primary N) is 1. The van der Waals surface area contributed by atoms with E-state index in [2.05, 4.69) is 17.3 Å². The van der Waals surface area contributed by atoms with Crippen LogP contribution in [-0.2, 0) is 23.1 Å². The predicted molar refractivity (Wildman–Crippen MR) is 82.4 cm³/mol. The highest BCUT2D eigenvalue weighted by Crippen LogP contribution is 2.19. The molecule has 0 atom stereocenters. The van der Waals surface area contributed by atoms with E-state index in [4.69, 9.17) is 5.14 Å². The fourth-order valence-electron chi connectivity index (χ4n) is 2.13. The van der Waals surface area contributed by atoms with E-state index in [-0.39, 0.29) is 4.90 Å². The third-order valence-electron chi connectivity index (χ3n) is 3.21. The molecule has 114 valence electrons. The molecule has 0 aliphatic carbocycles. The van der Waals surface area contributed by atoms with Crippen LogP contribution in [0.1, 0.15) is 24.6 Å². The van der Waals surface area contributed by atoms with E-state index in [0.29, 0.717) is 17.8 Å². The molecule has 2 rings (SSSR count). The summed E-state index contributed by atoms with van der Waals surface area (Å²) in [5, 5.41) is 12.7.